The SMILES string of the molecule is CCCCCCCCCCCCc1ccccc1C(C)(C)N.Cl.[NaH]. The van der Waals surface area contributed by atoms with Crippen molar-refractivity contribution in [1.82, 2.24) is 0 Å². The van der Waals surface area contributed by atoms with Crippen molar-refractivity contribution in [3.8, 4) is 0 Å². The predicted octanol–water partition coefficient (Wildman–Crippen LogP) is 6.12. The molecule has 1 aromatic rings. The minimum absolute atomic E-state index is 0. The Hall–Kier alpha value is 0.470. The predicted molar refractivity (Wildman–Crippen MR) is 114 cm³/mol. The van der Waals surface area contributed by atoms with Gasteiger partial charge in [-0.15, -0.1) is 12.4 Å². The standard InChI is InChI=1S/C21H37N.ClH.Na.H/c1-4-5-6-7-8-9-10-11-12-13-16-19-17-14-15-18-20(19)21(2,3)22;;;/h14-15,17-18H,4-13,16,22H2,1-3H3;1H;;. The van der Waals surface area contributed by atoms with Crippen molar-refractivity contribution in [2.45, 2.75) is 96.9 Å². The van der Waals surface area contributed by atoms with E-state index >= 15 is 0 Å². The molecule has 0 amide bonds. The van der Waals surface area contributed by atoms with E-state index in [2.05, 4.69) is 45.0 Å². The van der Waals surface area contributed by atoms with Crippen molar-refractivity contribution in [2.75, 3.05) is 0 Å². The van der Waals surface area contributed by atoms with Gasteiger partial charge in [-0.2, -0.15) is 0 Å². The first kappa shape index (κ1) is 26.7. The van der Waals surface area contributed by atoms with Gasteiger partial charge in [0.2, 0.25) is 0 Å². The molecular formula is C21H39ClNNa. The average Bonchev–Trinajstić information content (AvgIpc) is 2.48. The second kappa shape index (κ2) is 15.7. The van der Waals surface area contributed by atoms with Gasteiger partial charge in [-0.25, -0.2) is 0 Å². The summed E-state index contributed by atoms with van der Waals surface area (Å²) < 4.78 is 0. The molecule has 0 heterocycles. The van der Waals surface area contributed by atoms with Crippen molar-refractivity contribution >= 4 is 42.0 Å². The first-order valence-corrected chi connectivity index (χ1v) is 9.43. The molecule has 0 aliphatic heterocycles. The molecule has 2 N–H and O–H groups in total. The maximum absolute atomic E-state index is 6.28. The Balaban J connectivity index is 0. The van der Waals surface area contributed by atoms with Crippen LogP contribution < -0.4 is 5.73 Å². The molecule has 0 aromatic heterocycles. The van der Waals surface area contributed by atoms with Gasteiger partial charge in [0.25, 0.3) is 0 Å². The van der Waals surface area contributed by atoms with E-state index in [1.807, 2.05) is 0 Å². The number of halogens is 1. The maximum atomic E-state index is 6.28. The fourth-order valence-electron chi connectivity index (χ4n) is 3.17. The van der Waals surface area contributed by atoms with E-state index in [9.17, 15) is 0 Å². The van der Waals surface area contributed by atoms with Gasteiger partial charge >= 0.3 is 29.6 Å². The Bertz CT molecular complexity index is 401. The molecular weight excluding hydrogens is 325 g/mol. The van der Waals surface area contributed by atoms with Gasteiger partial charge in [0.15, 0.2) is 0 Å². The van der Waals surface area contributed by atoms with E-state index < -0.39 is 0 Å². The molecule has 1 rings (SSSR count). The van der Waals surface area contributed by atoms with E-state index in [4.69, 9.17) is 5.73 Å². The van der Waals surface area contributed by atoms with E-state index in [-0.39, 0.29) is 47.5 Å². The average molecular weight is 364 g/mol. The fourth-order valence-corrected chi connectivity index (χ4v) is 3.17. The molecule has 0 bridgehead atoms. The molecule has 24 heavy (non-hydrogen) atoms. The molecule has 3 heteroatoms. The Morgan fingerprint density at radius 1 is 0.792 bits per heavy atom. The van der Waals surface area contributed by atoms with Crippen molar-refractivity contribution in [3.63, 3.8) is 0 Å². The Kier molecular flexibility index (Phi) is 17.5. The number of rotatable bonds is 12. The third kappa shape index (κ3) is 11.9. The second-order valence-corrected chi connectivity index (χ2v) is 7.31. The zero-order valence-electron chi connectivity index (χ0n) is 15.6. The Morgan fingerprint density at radius 2 is 1.25 bits per heavy atom. The molecule has 0 spiro atoms. The van der Waals surface area contributed by atoms with Crippen molar-refractivity contribution in [2.24, 2.45) is 5.73 Å². The van der Waals surface area contributed by atoms with Gasteiger partial charge in [0.1, 0.15) is 0 Å². The topological polar surface area (TPSA) is 26.0 Å². The van der Waals surface area contributed by atoms with Gasteiger partial charge in [-0.1, -0.05) is 89.0 Å². The first-order chi connectivity index (χ1) is 10.6. The molecule has 0 saturated carbocycles. The van der Waals surface area contributed by atoms with E-state index in [0.29, 0.717) is 0 Å². The summed E-state index contributed by atoms with van der Waals surface area (Å²) in [4.78, 5) is 0. The van der Waals surface area contributed by atoms with E-state index in [0.717, 1.165) is 0 Å². The number of benzene rings is 1. The van der Waals surface area contributed by atoms with Crippen LogP contribution in [0.25, 0.3) is 0 Å². The van der Waals surface area contributed by atoms with E-state index in [1.54, 1.807) is 0 Å². The van der Waals surface area contributed by atoms with Gasteiger partial charge < -0.3 is 5.73 Å². The second-order valence-electron chi connectivity index (χ2n) is 7.31. The third-order valence-electron chi connectivity index (χ3n) is 4.51. The molecule has 0 aliphatic carbocycles. The summed E-state index contributed by atoms with van der Waals surface area (Å²) >= 11 is 0. The quantitative estimate of drug-likeness (QED) is 0.351. The number of hydrogen-bond donors (Lipinski definition) is 1. The molecule has 0 saturated heterocycles. The van der Waals surface area contributed by atoms with Crippen LogP contribution in [0.4, 0.5) is 0 Å². The van der Waals surface area contributed by atoms with Gasteiger partial charge in [-0.05, 0) is 37.8 Å². The number of unbranched alkanes of at least 4 members (excludes halogenated alkanes) is 9. The zero-order valence-corrected chi connectivity index (χ0v) is 16.4. The molecule has 0 unspecified atom stereocenters. The Morgan fingerprint density at radius 3 is 1.75 bits per heavy atom. The van der Waals surface area contributed by atoms with Crippen LogP contribution in [-0.4, -0.2) is 29.6 Å². The van der Waals surface area contributed by atoms with Crippen LogP contribution in [0.1, 0.15) is 96.1 Å². The van der Waals surface area contributed by atoms with Crippen molar-refractivity contribution < 1.29 is 0 Å². The van der Waals surface area contributed by atoms with Crippen LogP contribution in [0.5, 0.6) is 0 Å². The third-order valence-corrected chi connectivity index (χ3v) is 4.51. The summed E-state index contributed by atoms with van der Waals surface area (Å²) in [5.74, 6) is 0. The van der Waals surface area contributed by atoms with Crippen LogP contribution in [0, 0.1) is 0 Å². The molecule has 0 atom stereocenters. The number of hydrogen-bond acceptors (Lipinski definition) is 1. The molecule has 0 fully saturated rings. The molecule has 0 radical (unpaired) electrons. The number of nitrogens with two attached hydrogens (primary N) is 1. The van der Waals surface area contributed by atoms with Crippen LogP contribution >= 0.6 is 12.4 Å². The normalized spacial score (nSPS) is 10.8. The first-order valence-electron chi connectivity index (χ1n) is 9.43. The minimum atomic E-state index is -0.227. The fraction of sp³-hybridized carbons (Fsp3) is 0.714. The van der Waals surface area contributed by atoms with Crippen molar-refractivity contribution in [3.05, 3.63) is 35.4 Å². The summed E-state index contributed by atoms with van der Waals surface area (Å²) in [6.07, 6.45) is 15.1. The number of aryl methyl sites for hydroxylation is 1. The van der Waals surface area contributed by atoms with Crippen LogP contribution in [-0.2, 0) is 12.0 Å². The summed E-state index contributed by atoms with van der Waals surface area (Å²) in [7, 11) is 0. The summed E-state index contributed by atoms with van der Waals surface area (Å²) in [5, 5.41) is 0. The Labute approximate surface area is 179 Å². The van der Waals surface area contributed by atoms with E-state index in [1.165, 1.54) is 81.8 Å². The van der Waals surface area contributed by atoms with Gasteiger partial charge in [-0.3, -0.25) is 0 Å². The van der Waals surface area contributed by atoms with Gasteiger partial charge in [0, 0.05) is 5.54 Å². The molecule has 136 valence electrons. The van der Waals surface area contributed by atoms with Crippen LogP contribution in [0.3, 0.4) is 0 Å². The molecule has 1 aromatic carbocycles. The van der Waals surface area contributed by atoms with Crippen molar-refractivity contribution in [1.29, 1.82) is 0 Å². The molecule has 1 nitrogen and oxygen atoms in total. The summed E-state index contributed by atoms with van der Waals surface area (Å²) in [6, 6.07) is 8.68. The monoisotopic (exact) mass is 363 g/mol. The van der Waals surface area contributed by atoms with Crippen LogP contribution in [0.15, 0.2) is 24.3 Å². The zero-order chi connectivity index (χ0) is 16.3. The van der Waals surface area contributed by atoms with Gasteiger partial charge in [0.05, 0.1) is 0 Å². The van der Waals surface area contributed by atoms with Crippen LogP contribution in [0.2, 0.25) is 0 Å². The summed E-state index contributed by atoms with van der Waals surface area (Å²) in [5.41, 5.74) is 8.80. The molecule has 0 aliphatic rings. The summed E-state index contributed by atoms with van der Waals surface area (Å²) in [6.45, 7) is 6.48.